The maximum Gasteiger partial charge on any atom is 0.0991 e. The number of hydrogen-bond donors (Lipinski definition) is 0. The molecule has 0 spiro atoms. The number of hydrogen-bond acceptors (Lipinski definition) is 2. The Morgan fingerprint density at radius 3 is 1.96 bits per heavy atom. The fourth-order valence-electron chi connectivity index (χ4n) is 3.20. The average molecular weight is 354 g/mol. The molecule has 2 nitrogen and oxygen atoms in total. The van der Waals surface area contributed by atoms with Crippen molar-refractivity contribution in [3.63, 3.8) is 0 Å². The lowest BCUT2D eigenvalue weighted by molar-refractivity contribution is 0.717. The molecule has 1 heterocycles. The van der Waals surface area contributed by atoms with Gasteiger partial charge >= 0.3 is 0 Å². The Labute approximate surface area is 162 Å². The van der Waals surface area contributed by atoms with Gasteiger partial charge in [-0.3, -0.25) is 4.98 Å². The molecule has 0 radical (unpaired) electrons. The van der Waals surface area contributed by atoms with E-state index >= 15 is 0 Å². The number of nitrogens with zero attached hydrogens (tertiary/aromatic N) is 2. The minimum atomic E-state index is 0.673. The Balaban J connectivity index is 1.54. The van der Waals surface area contributed by atoms with E-state index in [4.69, 9.17) is 5.26 Å². The van der Waals surface area contributed by atoms with Crippen LogP contribution in [0.5, 0.6) is 0 Å². The monoisotopic (exact) mass is 354 g/mol. The predicted octanol–water partition coefficient (Wildman–Crippen LogP) is 6.14. The van der Waals surface area contributed by atoms with E-state index in [1.54, 1.807) is 0 Å². The van der Waals surface area contributed by atoms with Crippen LogP contribution in [-0.2, 0) is 19.3 Å². The van der Waals surface area contributed by atoms with Crippen molar-refractivity contribution in [2.45, 2.75) is 45.4 Å². The van der Waals surface area contributed by atoms with Gasteiger partial charge in [0.05, 0.1) is 17.3 Å². The first-order valence-corrected chi connectivity index (χ1v) is 9.82. The van der Waals surface area contributed by atoms with Crippen LogP contribution in [0, 0.1) is 11.3 Å². The molecule has 0 atom stereocenters. The van der Waals surface area contributed by atoms with Crippen LogP contribution in [0.15, 0.2) is 66.9 Å². The van der Waals surface area contributed by atoms with Gasteiger partial charge in [0.25, 0.3) is 0 Å². The quantitative estimate of drug-likeness (QED) is 0.456. The van der Waals surface area contributed by atoms with Crippen LogP contribution in [0.2, 0.25) is 0 Å². The lowest BCUT2D eigenvalue weighted by Gasteiger charge is -2.06. The molecule has 1 aromatic heterocycles. The molecule has 3 rings (SSSR count). The molecule has 3 aromatic rings. The van der Waals surface area contributed by atoms with Gasteiger partial charge < -0.3 is 0 Å². The van der Waals surface area contributed by atoms with E-state index < -0.39 is 0 Å². The zero-order chi connectivity index (χ0) is 18.9. The highest BCUT2D eigenvalue weighted by molar-refractivity contribution is 5.60. The Bertz CT molecular complexity index is 870. The highest BCUT2D eigenvalue weighted by Gasteiger charge is 2.02. The summed E-state index contributed by atoms with van der Waals surface area (Å²) in [4.78, 5) is 4.59. The highest BCUT2D eigenvalue weighted by Crippen LogP contribution is 2.18. The van der Waals surface area contributed by atoms with E-state index in [0.717, 1.165) is 24.1 Å². The van der Waals surface area contributed by atoms with Crippen LogP contribution in [0.3, 0.4) is 0 Å². The lowest BCUT2D eigenvalue weighted by Crippen LogP contribution is -1.94. The second-order valence-corrected chi connectivity index (χ2v) is 7.01. The van der Waals surface area contributed by atoms with Gasteiger partial charge in [0.1, 0.15) is 0 Å². The molecule has 0 bridgehead atoms. The molecule has 0 aliphatic carbocycles. The van der Waals surface area contributed by atoms with Gasteiger partial charge in [0.2, 0.25) is 0 Å². The van der Waals surface area contributed by atoms with Crippen LogP contribution in [0.4, 0.5) is 0 Å². The average Bonchev–Trinajstić information content (AvgIpc) is 2.74. The van der Waals surface area contributed by atoms with Gasteiger partial charge in [-0.05, 0) is 60.6 Å². The minimum absolute atomic E-state index is 0.673. The molecule has 0 saturated carbocycles. The van der Waals surface area contributed by atoms with Crippen LogP contribution < -0.4 is 0 Å². The first-order chi connectivity index (χ1) is 13.3. The number of nitriles is 1. The first-order valence-electron chi connectivity index (χ1n) is 9.82. The fraction of sp³-hybridized carbons (Fsp3) is 0.280. The standard InChI is InChI=1S/C25H26N2/c1-2-3-4-5-20-6-8-21(9-7-20)10-11-23-14-17-25(27-19-23)24-15-12-22(18-26)13-16-24/h6-9,12-17,19H,2-5,10-11H2,1H3. The third-order valence-electron chi connectivity index (χ3n) is 4.93. The molecule has 0 N–H and O–H groups in total. The van der Waals surface area contributed by atoms with E-state index in [-0.39, 0.29) is 0 Å². The van der Waals surface area contributed by atoms with Crippen molar-refractivity contribution in [1.29, 1.82) is 5.26 Å². The molecule has 2 heteroatoms. The Kier molecular flexibility index (Phi) is 6.77. The summed E-state index contributed by atoms with van der Waals surface area (Å²) in [5, 5.41) is 8.89. The van der Waals surface area contributed by atoms with E-state index in [9.17, 15) is 0 Å². The number of pyridine rings is 1. The topological polar surface area (TPSA) is 36.7 Å². The summed E-state index contributed by atoms with van der Waals surface area (Å²) < 4.78 is 0. The number of unbranched alkanes of at least 4 members (excludes halogenated alkanes) is 2. The first kappa shape index (κ1) is 18.9. The summed E-state index contributed by atoms with van der Waals surface area (Å²) in [6.07, 6.45) is 9.06. The van der Waals surface area contributed by atoms with Crippen molar-refractivity contribution < 1.29 is 0 Å². The summed E-state index contributed by atoms with van der Waals surface area (Å²) in [6, 6.07) is 23.0. The Morgan fingerprint density at radius 2 is 1.37 bits per heavy atom. The number of benzene rings is 2. The lowest BCUT2D eigenvalue weighted by atomic mass is 10.0. The summed E-state index contributed by atoms with van der Waals surface area (Å²) in [6.45, 7) is 2.24. The van der Waals surface area contributed by atoms with Crippen molar-refractivity contribution >= 4 is 0 Å². The maximum atomic E-state index is 8.89. The molecular formula is C25H26N2. The Hall–Kier alpha value is -2.92. The SMILES string of the molecule is CCCCCc1ccc(CCc2ccc(-c3ccc(C#N)cc3)nc2)cc1. The van der Waals surface area contributed by atoms with Crippen LogP contribution in [0.25, 0.3) is 11.3 Å². The number of aryl methyl sites for hydroxylation is 3. The summed E-state index contributed by atoms with van der Waals surface area (Å²) in [7, 11) is 0. The largest absolute Gasteiger partial charge is 0.256 e. The van der Waals surface area contributed by atoms with Crippen molar-refractivity contribution in [1.82, 2.24) is 4.98 Å². The molecular weight excluding hydrogens is 328 g/mol. The predicted molar refractivity (Wildman–Crippen MR) is 111 cm³/mol. The molecule has 27 heavy (non-hydrogen) atoms. The third kappa shape index (κ3) is 5.53. The zero-order valence-electron chi connectivity index (χ0n) is 16.0. The van der Waals surface area contributed by atoms with E-state index in [1.165, 1.54) is 42.4 Å². The van der Waals surface area contributed by atoms with E-state index in [0.29, 0.717) is 5.56 Å². The normalized spacial score (nSPS) is 10.5. The maximum absolute atomic E-state index is 8.89. The van der Waals surface area contributed by atoms with Crippen LogP contribution in [-0.4, -0.2) is 4.98 Å². The molecule has 0 fully saturated rings. The molecule has 0 amide bonds. The van der Waals surface area contributed by atoms with Crippen molar-refractivity contribution in [2.75, 3.05) is 0 Å². The van der Waals surface area contributed by atoms with Gasteiger partial charge in [-0.15, -0.1) is 0 Å². The minimum Gasteiger partial charge on any atom is -0.256 e. The molecule has 0 aliphatic heterocycles. The Morgan fingerprint density at radius 1 is 0.741 bits per heavy atom. The fourth-order valence-corrected chi connectivity index (χ4v) is 3.20. The van der Waals surface area contributed by atoms with Gasteiger partial charge in [0, 0.05) is 11.8 Å². The molecule has 2 aromatic carbocycles. The van der Waals surface area contributed by atoms with E-state index in [1.807, 2.05) is 30.5 Å². The van der Waals surface area contributed by atoms with Crippen molar-refractivity contribution in [3.05, 3.63) is 89.1 Å². The molecule has 0 aliphatic rings. The van der Waals surface area contributed by atoms with Crippen LogP contribution >= 0.6 is 0 Å². The molecule has 0 saturated heterocycles. The van der Waals surface area contributed by atoms with Gasteiger partial charge in [-0.1, -0.05) is 62.2 Å². The number of rotatable bonds is 8. The second-order valence-electron chi connectivity index (χ2n) is 7.01. The summed E-state index contributed by atoms with van der Waals surface area (Å²) in [5.74, 6) is 0. The molecule has 0 unspecified atom stereocenters. The smallest absolute Gasteiger partial charge is 0.0991 e. The molecule has 136 valence electrons. The van der Waals surface area contributed by atoms with Gasteiger partial charge in [-0.25, -0.2) is 0 Å². The number of aromatic nitrogens is 1. The second kappa shape index (κ2) is 9.69. The van der Waals surface area contributed by atoms with Crippen LogP contribution in [0.1, 0.15) is 48.4 Å². The van der Waals surface area contributed by atoms with Crippen molar-refractivity contribution in [3.8, 4) is 17.3 Å². The zero-order valence-corrected chi connectivity index (χ0v) is 16.0. The summed E-state index contributed by atoms with van der Waals surface area (Å²) in [5.41, 5.74) is 6.73. The van der Waals surface area contributed by atoms with Crippen molar-refractivity contribution in [2.24, 2.45) is 0 Å². The summed E-state index contributed by atoms with van der Waals surface area (Å²) >= 11 is 0. The van der Waals surface area contributed by atoms with Gasteiger partial charge in [0.15, 0.2) is 0 Å². The highest BCUT2D eigenvalue weighted by atomic mass is 14.7. The van der Waals surface area contributed by atoms with E-state index in [2.05, 4.69) is 54.4 Å². The van der Waals surface area contributed by atoms with Gasteiger partial charge in [-0.2, -0.15) is 5.26 Å². The third-order valence-corrected chi connectivity index (χ3v) is 4.93.